The Hall–Kier alpha value is -3.35. The highest BCUT2D eigenvalue weighted by Crippen LogP contribution is 2.23. The highest BCUT2D eigenvalue weighted by atomic mass is 16.6. The third kappa shape index (κ3) is 4.31. The van der Waals surface area contributed by atoms with Crippen molar-refractivity contribution in [1.82, 2.24) is 5.32 Å². The van der Waals surface area contributed by atoms with E-state index in [1.54, 1.807) is 51.1 Å². The van der Waals surface area contributed by atoms with Gasteiger partial charge in [-0.3, -0.25) is 4.79 Å². The topological polar surface area (TPSA) is 94.8 Å². The van der Waals surface area contributed by atoms with Crippen molar-refractivity contribution in [1.29, 1.82) is 0 Å². The Balaban J connectivity index is 1.78. The molecule has 1 heterocycles. The van der Waals surface area contributed by atoms with Gasteiger partial charge in [-0.05, 0) is 52.0 Å². The first-order chi connectivity index (χ1) is 13.1. The van der Waals surface area contributed by atoms with Crippen LogP contribution in [0, 0.1) is 0 Å². The molecule has 1 amide bonds. The van der Waals surface area contributed by atoms with Gasteiger partial charge in [0.1, 0.15) is 28.6 Å². The molecule has 0 spiro atoms. The van der Waals surface area contributed by atoms with Crippen LogP contribution in [0.3, 0.4) is 0 Å². The van der Waals surface area contributed by atoms with Crippen LogP contribution >= 0.6 is 0 Å². The van der Waals surface area contributed by atoms with E-state index in [2.05, 4.69) is 5.32 Å². The van der Waals surface area contributed by atoms with Crippen LogP contribution in [0.4, 0.5) is 4.79 Å². The molecule has 0 bridgehead atoms. The molecule has 0 saturated heterocycles. The number of ether oxygens (including phenoxy) is 2. The quantitative estimate of drug-likeness (QED) is 0.420. The summed E-state index contributed by atoms with van der Waals surface area (Å²) in [7, 11) is 0. The molecule has 0 aliphatic rings. The molecule has 3 aromatic rings. The number of nitrogens with one attached hydrogen (secondary N) is 1. The van der Waals surface area contributed by atoms with Crippen molar-refractivity contribution in [2.24, 2.45) is 0 Å². The maximum absolute atomic E-state index is 12.5. The molecule has 28 heavy (non-hydrogen) atoms. The standard InChI is InChI=1S/C21H21NO6/c1-12(22-20(25)28-21(2,3)4)19(24)26-13-9-10-15-17(11-13)27-16-8-6-5-7-14(16)18(15)23/h5-12H,1-4H3,(H,22,25)/t12-/m0/s1. The minimum atomic E-state index is -0.922. The minimum Gasteiger partial charge on any atom is -0.456 e. The van der Waals surface area contributed by atoms with E-state index in [4.69, 9.17) is 13.9 Å². The number of hydrogen-bond donors (Lipinski definition) is 1. The lowest BCUT2D eigenvalue weighted by Crippen LogP contribution is -2.43. The molecule has 3 rings (SSSR count). The summed E-state index contributed by atoms with van der Waals surface area (Å²) in [4.78, 5) is 36.6. The van der Waals surface area contributed by atoms with Crippen molar-refractivity contribution in [2.45, 2.75) is 39.3 Å². The molecule has 0 radical (unpaired) electrons. The number of rotatable bonds is 3. The van der Waals surface area contributed by atoms with Crippen LogP contribution < -0.4 is 15.5 Å². The van der Waals surface area contributed by atoms with E-state index in [1.165, 1.54) is 19.1 Å². The van der Waals surface area contributed by atoms with Crippen LogP contribution in [0.1, 0.15) is 27.7 Å². The second kappa shape index (κ2) is 7.34. The van der Waals surface area contributed by atoms with E-state index in [9.17, 15) is 14.4 Å². The molecule has 0 unspecified atom stereocenters. The smallest absolute Gasteiger partial charge is 0.408 e. The van der Waals surface area contributed by atoms with Crippen LogP contribution in [-0.2, 0) is 9.53 Å². The Morgan fingerprint density at radius 1 is 1.04 bits per heavy atom. The fourth-order valence-corrected chi connectivity index (χ4v) is 2.59. The van der Waals surface area contributed by atoms with Crippen molar-refractivity contribution in [2.75, 3.05) is 0 Å². The van der Waals surface area contributed by atoms with Crippen LogP contribution in [0.5, 0.6) is 5.75 Å². The van der Waals surface area contributed by atoms with Crippen LogP contribution in [0.25, 0.3) is 21.9 Å². The first-order valence-electron chi connectivity index (χ1n) is 8.81. The molecular weight excluding hydrogens is 362 g/mol. The molecule has 2 aromatic carbocycles. The largest absolute Gasteiger partial charge is 0.456 e. The van der Waals surface area contributed by atoms with Gasteiger partial charge in [0.2, 0.25) is 5.43 Å². The average Bonchev–Trinajstić information content (AvgIpc) is 2.60. The van der Waals surface area contributed by atoms with Gasteiger partial charge < -0.3 is 19.2 Å². The highest BCUT2D eigenvalue weighted by Gasteiger charge is 2.22. The first-order valence-corrected chi connectivity index (χ1v) is 8.81. The van der Waals surface area contributed by atoms with E-state index >= 15 is 0 Å². The van der Waals surface area contributed by atoms with Crippen LogP contribution in [0.15, 0.2) is 51.7 Å². The van der Waals surface area contributed by atoms with Gasteiger partial charge in [-0.15, -0.1) is 0 Å². The molecular formula is C21H21NO6. The third-order valence-electron chi connectivity index (χ3n) is 3.85. The summed E-state index contributed by atoms with van der Waals surface area (Å²) < 4.78 is 16.2. The molecule has 146 valence electrons. The lowest BCUT2D eigenvalue weighted by molar-refractivity contribution is -0.136. The zero-order chi connectivity index (χ0) is 20.5. The summed E-state index contributed by atoms with van der Waals surface area (Å²) in [6, 6.07) is 10.5. The summed E-state index contributed by atoms with van der Waals surface area (Å²) >= 11 is 0. The number of amides is 1. The predicted molar refractivity (Wildman–Crippen MR) is 104 cm³/mol. The molecule has 0 saturated carbocycles. The molecule has 1 N–H and O–H groups in total. The summed E-state index contributed by atoms with van der Waals surface area (Å²) in [6.45, 7) is 6.66. The minimum absolute atomic E-state index is 0.158. The normalized spacial score (nSPS) is 12.6. The monoisotopic (exact) mass is 383 g/mol. The third-order valence-corrected chi connectivity index (χ3v) is 3.85. The van der Waals surface area contributed by atoms with E-state index in [1.807, 2.05) is 0 Å². The SMILES string of the molecule is C[C@H](NC(=O)OC(C)(C)C)C(=O)Oc1ccc2c(=O)c3ccccc3oc2c1. The molecule has 1 aromatic heterocycles. The molecule has 7 heteroatoms. The predicted octanol–water partition coefficient (Wildman–Crippen LogP) is 3.76. The van der Waals surface area contributed by atoms with Crippen molar-refractivity contribution in [3.63, 3.8) is 0 Å². The van der Waals surface area contributed by atoms with E-state index in [0.717, 1.165) is 0 Å². The Bertz CT molecular complexity index is 1110. The molecule has 0 aliphatic heterocycles. The molecule has 0 aliphatic carbocycles. The van der Waals surface area contributed by atoms with Gasteiger partial charge in [0.05, 0.1) is 10.8 Å². The second-order valence-electron chi connectivity index (χ2n) is 7.37. The van der Waals surface area contributed by atoms with Crippen LogP contribution in [-0.4, -0.2) is 23.7 Å². The maximum Gasteiger partial charge on any atom is 0.408 e. The zero-order valence-electron chi connectivity index (χ0n) is 16.1. The number of carbonyl (C=O) groups is 2. The highest BCUT2D eigenvalue weighted by molar-refractivity contribution is 5.90. The van der Waals surface area contributed by atoms with E-state index in [0.29, 0.717) is 21.9 Å². The Labute approximate surface area is 161 Å². The van der Waals surface area contributed by atoms with Crippen molar-refractivity contribution in [3.05, 3.63) is 52.7 Å². The van der Waals surface area contributed by atoms with Gasteiger partial charge >= 0.3 is 12.1 Å². The lowest BCUT2D eigenvalue weighted by Gasteiger charge is -2.21. The summed E-state index contributed by atoms with van der Waals surface area (Å²) in [5.41, 5.74) is -0.0771. The number of esters is 1. The Morgan fingerprint density at radius 2 is 1.71 bits per heavy atom. The number of fused-ring (bicyclic) bond motifs is 2. The van der Waals surface area contributed by atoms with E-state index in [-0.39, 0.29) is 11.2 Å². The molecule has 7 nitrogen and oxygen atoms in total. The Morgan fingerprint density at radius 3 is 2.43 bits per heavy atom. The zero-order valence-corrected chi connectivity index (χ0v) is 16.1. The first kappa shape index (κ1) is 19.4. The molecule has 0 fully saturated rings. The number of hydrogen-bond acceptors (Lipinski definition) is 6. The number of alkyl carbamates (subject to hydrolysis) is 1. The van der Waals surface area contributed by atoms with Crippen molar-refractivity contribution in [3.8, 4) is 5.75 Å². The number of carbonyl (C=O) groups excluding carboxylic acids is 2. The van der Waals surface area contributed by atoms with Gasteiger partial charge in [-0.2, -0.15) is 0 Å². The molecule has 1 atom stereocenters. The number of benzene rings is 2. The van der Waals surface area contributed by atoms with Gasteiger partial charge in [-0.1, -0.05) is 12.1 Å². The maximum atomic E-state index is 12.5. The second-order valence-corrected chi connectivity index (χ2v) is 7.37. The van der Waals surface area contributed by atoms with Gasteiger partial charge in [0, 0.05) is 6.07 Å². The van der Waals surface area contributed by atoms with Gasteiger partial charge in [0.15, 0.2) is 0 Å². The van der Waals surface area contributed by atoms with Gasteiger partial charge in [-0.25, -0.2) is 9.59 Å². The Kier molecular flexibility index (Phi) is 5.09. The van der Waals surface area contributed by atoms with Gasteiger partial charge in [0.25, 0.3) is 0 Å². The summed E-state index contributed by atoms with van der Waals surface area (Å²) in [5.74, 6) is -0.470. The number of para-hydroxylation sites is 1. The lowest BCUT2D eigenvalue weighted by atomic mass is 10.1. The fourth-order valence-electron chi connectivity index (χ4n) is 2.59. The van der Waals surface area contributed by atoms with Crippen molar-refractivity contribution < 1.29 is 23.5 Å². The summed E-state index contributed by atoms with van der Waals surface area (Å²) in [5, 5.41) is 3.29. The fraction of sp³-hybridized carbons (Fsp3) is 0.286. The summed E-state index contributed by atoms with van der Waals surface area (Å²) in [6.07, 6.45) is -0.715. The average molecular weight is 383 g/mol. The van der Waals surface area contributed by atoms with Crippen molar-refractivity contribution >= 4 is 34.0 Å². The van der Waals surface area contributed by atoms with E-state index < -0.39 is 23.7 Å². The van der Waals surface area contributed by atoms with Crippen LogP contribution in [0.2, 0.25) is 0 Å².